The molecule has 4 heteroatoms. The molecule has 2 rings (SSSR count). The lowest BCUT2D eigenvalue weighted by Gasteiger charge is -2.44. The van der Waals surface area contributed by atoms with Gasteiger partial charge in [0.2, 0.25) is 0 Å². The first-order valence-electron chi connectivity index (χ1n) is 7.01. The van der Waals surface area contributed by atoms with Crippen LogP contribution in [-0.4, -0.2) is 35.1 Å². The van der Waals surface area contributed by atoms with Gasteiger partial charge in [0, 0.05) is 12.5 Å². The van der Waals surface area contributed by atoms with Gasteiger partial charge in [-0.3, -0.25) is 0 Å². The number of nitrogens with two attached hydrogens (primary N) is 1. The second-order valence-corrected chi connectivity index (χ2v) is 5.48. The summed E-state index contributed by atoms with van der Waals surface area (Å²) in [5.74, 6) is 1.31. The number of hydrogen-bond donors (Lipinski definition) is 2. The Morgan fingerprint density at radius 3 is 2.82 bits per heavy atom. The van der Waals surface area contributed by atoms with Gasteiger partial charge in [0.1, 0.15) is 5.84 Å². The van der Waals surface area contributed by atoms with Gasteiger partial charge < -0.3 is 15.8 Å². The minimum absolute atomic E-state index is 0.363. The van der Waals surface area contributed by atoms with Crippen LogP contribution in [0.15, 0.2) is 5.16 Å². The molecule has 0 aromatic carbocycles. The van der Waals surface area contributed by atoms with Crippen molar-refractivity contribution in [2.45, 2.75) is 57.4 Å². The van der Waals surface area contributed by atoms with Crippen LogP contribution >= 0.6 is 0 Å². The van der Waals surface area contributed by atoms with E-state index in [0.717, 1.165) is 24.9 Å². The van der Waals surface area contributed by atoms with Gasteiger partial charge in [-0.2, -0.15) is 0 Å². The molecular weight excluding hydrogens is 214 g/mol. The van der Waals surface area contributed by atoms with Gasteiger partial charge in [-0.15, -0.1) is 0 Å². The molecule has 3 N–H and O–H groups in total. The van der Waals surface area contributed by atoms with Crippen molar-refractivity contribution < 1.29 is 5.21 Å². The van der Waals surface area contributed by atoms with E-state index in [0.29, 0.717) is 12.3 Å². The SMILES string of the molecule is N/C(CCCN1CCCC2CCCCC21)=N\O. The third-order valence-electron chi connectivity index (χ3n) is 4.36. The predicted molar refractivity (Wildman–Crippen MR) is 69.2 cm³/mol. The van der Waals surface area contributed by atoms with E-state index in [9.17, 15) is 0 Å². The van der Waals surface area contributed by atoms with E-state index >= 15 is 0 Å². The van der Waals surface area contributed by atoms with E-state index in [2.05, 4.69) is 10.1 Å². The highest BCUT2D eigenvalue weighted by Gasteiger charge is 2.32. The summed E-state index contributed by atoms with van der Waals surface area (Å²) in [5.41, 5.74) is 5.50. The highest BCUT2D eigenvalue weighted by atomic mass is 16.4. The van der Waals surface area contributed by atoms with Crippen molar-refractivity contribution in [1.29, 1.82) is 0 Å². The first kappa shape index (κ1) is 12.7. The van der Waals surface area contributed by atoms with E-state index in [1.807, 2.05) is 0 Å². The lowest BCUT2D eigenvalue weighted by molar-refractivity contribution is 0.0605. The third kappa shape index (κ3) is 3.35. The van der Waals surface area contributed by atoms with Crippen molar-refractivity contribution in [2.75, 3.05) is 13.1 Å². The number of amidine groups is 1. The Morgan fingerprint density at radius 1 is 1.24 bits per heavy atom. The maximum atomic E-state index is 8.51. The van der Waals surface area contributed by atoms with Gasteiger partial charge in [0.15, 0.2) is 0 Å². The molecule has 2 atom stereocenters. The zero-order valence-corrected chi connectivity index (χ0v) is 10.6. The minimum atomic E-state index is 0.363. The van der Waals surface area contributed by atoms with Crippen LogP contribution < -0.4 is 5.73 Å². The van der Waals surface area contributed by atoms with Crippen LogP contribution in [0.3, 0.4) is 0 Å². The van der Waals surface area contributed by atoms with E-state index in [1.54, 1.807) is 0 Å². The summed E-state index contributed by atoms with van der Waals surface area (Å²) in [7, 11) is 0. The molecule has 2 fully saturated rings. The number of hydrogen-bond acceptors (Lipinski definition) is 3. The fraction of sp³-hybridized carbons (Fsp3) is 0.923. The van der Waals surface area contributed by atoms with Crippen molar-refractivity contribution in [2.24, 2.45) is 16.8 Å². The summed E-state index contributed by atoms with van der Waals surface area (Å²) in [6, 6.07) is 0.824. The zero-order chi connectivity index (χ0) is 12.1. The number of oxime groups is 1. The molecule has 1 saturated carbocycles. The second kappa shape index (κ2) is 6.24. The summed E-state index contributed by atoms with van der Waals surface area (Å²) >= 11 is 0. The number of rotatable bonds is 4. The lowest BCUT2D eigenvalue weighted by atomic mass is 9.78. The fourth-order valence-corrected chi connectivity index (χ4v) is 3.52. The van der Waals surface area contributed by atoms with Crippen molar-refractivity contribution in [3.8, 4) is 0 Å². The van der Waals surface area contributed by atoms with Gasteiger partial charge in [0.25, 0.3) is 0 Å². The Labute approximate surface area is 104 Å². The Hall–Kier alpha value is -0.770. The maximum Gasteiger partial charge on any atom is 0.139 e. The first-order chi connectivity index (χ1) is 8.31. The Morgan fingerprint density at radius 2 is 2.00 bits per heavy atom. The number of piperidine rings is 1. The van der Waals surface area contributed by atoms with Crippen LogP contribution in [0.2, 0.25) is 0 Å². The van der Waals surface area contributed by atoms with Crippen molar-refractivity contribution in [3.05, 3.63) is 0 Å². The van der Waals surface area contributed by atoms with Crippen LogP contribution in [0.4, 0.5) is 0 Å². The number of likely N-dealkylation sites (tertiary alicyclic amines) is 1. The third-order valence-corrected chi connectivity index (χ3v) is 4.36. The molecule has 2 aliphatic rings. The Kier molecular flexibility index (Phi) is 4.66. The highest BCUT2D eigenvalue weighted by molar-refractivity contribution is 5.79. The fourth-order valence-electron chi connectivity index (χ4n) is 3.52. The topological polar surface area (TPSA) is 61.8 Å². The van der Waals surface area contributed by atoms with Gasteiger partial charge in [-0.25, -0.2) is 0 Å². The van der Waals surface area contributed by atoms with E-state index < -0.39 is 0 Å². The number of fused-ring (bicyclic) bond motifs is 1. The molecule has 1 aliphatic heterocycles. The minimum Gasteiger partial charge on any atom is -0.409 e. The van der Waals surface area contributed by atoms with Crippen molar-refractivity contribution >= 4 is 5.84 Å². The monoisotopic (exact) mass is 239 g/mol. The molecule has 0 bridgehead atoms. The summed E-state index contributed by atoms with van der Waals surface area (Å²) in [6.45, 7) is 2.36. The highest BCUT2D eigenvalue weighted by Crippen LogP contribution is 2.35. The molecule has 2 unspecified atom stereocenters. The molecule has 0 aromatic rings. The van der Waals surface area contributed by atoms with Crippen molar-refractivity contribution in [3.63, 3.8) is 0 Å². The van der Waals surface area contributed by atoms with Gasteiger partial charge in [-0.05, 0) is 51.1 Å². The van der Waals surface area contributed by atoms with E-state index in [1.165, 1.54) is 45.1 Å². The molecule has 0 spiro atoms. The largest absolute Gasteiger partial charge is 0.409 e. The summed E-state index contributed by atoms with van der Waals surface area (Å²) in [4.78, 5) is 2.65. The van der Waals surface area contributed by atoms with Crippen LogP contribution in [0.1, 0.15) is 51.4 Å². The molecule has 17 heavy (non-hydrogen) atoms. The summed E-state index contributed by atoms with van der Waals surface area (Å²) in [6.07, 6.45) is 10.2. The average Bonchev–Trinajstić information content (AvgIpc) is 2.39. The van der Waals surface area contributed by atoms with Gasteiger partial charge >= 0.3 is 0 Å². The molecule has 1 heterocycles. The normalized spacial score (nSPS) is 31.2. The molecule has 4 nitrogen and oxygen atoms in total. The summed E-state index contributed by atoms with van der Waals surface area (Å²) < 4.78 is 0. The molecule has 0 aromatic heterocycles. The van der Waals surface area contributed by atoms with Crippen LogP contribution in [0, 0.1) is 5.92 Å². The molecule has 98 valence electrons. The maximum absolute atomic E-state index is 8.51. The van der Waals surface area contributed by atoms with Crippen LogP contribution in [-0.2, 0) is 0 Å². The van der Waals surface area contributed by atoms with Crippen molar-refractivity contribution in [1.82, 2.24) is 4.90 Å². The smallest absolute Gasteiger partial charge is 0.139 e. The molecular formula is C13H25N3O. The predicted octanol–water partition coefficient (Wildman–Crippen LogP) is 2.17. The average molecular weight is 239 g/mol. The Bertz CT molecular complexity index is 265. The van der Waals surface area contributed by atoms with E-state index in [-0.39, 0.29) is 0 Å². The second-order valence-electron chi connectivity index (χ2n) is 5.48. The van der Waals surface area contributed by atoms with Gasteiger partial charge in [0.05, 0.1) is 0 Å². The molecule has 1 aliphatic carbocycles. The molecule has 0 amide bonds. The standard InChI is InChI=1S/C13H25N3O/c14-13(15-17)8-4-10-16-9-3-6-11-5-1-2-7-12(11)16/h11-12,17H,1-10H2,(H2,14,15). The van der Waals surface area contributed by atoms with E-state index in [4.69, 9.17) is 10.9 Å². The Balaban J connectivity index is 1.78. The lowest BCUT2D eigenvalue weighted by Crippen LogP contribution is -2.47. The number of nitrogens with zero attached hydrogens (tertiary/aromatic N) is 2. The van der Waals surface area contributed by atoms with Gasteiger partial charge in [-0.1, -0.05) is 18.0 Å². The van der Waals surface area contributed by atoms with Crippen LogP contribution in [0.5, 0.6) is 0 Å². The van der Waals surface area contributed by atoms with Crippen LogP contribution in [0.25, 0.3) is 0 Å². The first-order valence-corrected chi connectivity index (χ1v) is 7.01. The quantitative estimate of drug-likeness (QED) is 0.342. The molecule has 0 radical (unpaired) electrons. The zero-order valence-electron chi connectivity index (χ0n) is 10.6. The summed E-state index contributed by atoms with van der Waals surface area (Å²) in [5, 5.41) is 11.5. The molecule has 1 saturated heterocycles.